The summed E-state index contributed by atoms with van der Waals surface area (Å²) in [6, 6.07) is 0.241. The molecule has 0 aromatic rings. The van der Waals surface area contributed by atoms with Gasteiger partial charge in [-0.3, -0.25) is 0 Å². The highest BCUT2D eigenvalue weighted by Gasteiger charge is 2.30. The first-order valence-electron chi connectivity index (χ1n) is 9.27. The van der Waals surface area contributed by atoms with Crippen LogP contribution in [-0.2, 0) is 9.47 Å². The number of piperidine rings is 1. The Morgan fingerprint density at radius 2 is 1.83 bits per heavy atom. The Morgan fingerprint density at radius 3 is 2.52 bits per heavy atom. The van der Waals surface area contributed by atoms with E-state index in [2.05, 4.69) is 5.32 Å². The van der Waals surface area contributed by atoms with E-state index in [0.717, 1.165) is 39.1 Å². The van der Waals surface area contributed by atoms with E-state index in [1.54, 1.807) is 0 Å². The Hall–Kier alpha value is -0.810. The van der Waals surface area contributed by atoms with Gasteiger partial charge in [0.1, 0.15) is 5.60 Å². The van der Waals surface area contributed by atoms with Gasteiger partial charge < -0.3 is 19.7 Å². The van der Waals surface area contributed by atoms with Crippen molar-refractivity contribution in [3.8, 4) is 0 Å². The van der Waals surface area contributed by atoms with E-state index in [-0.39, 0.29) is 12.1 Å². The molecule has 0 spiro atoms. The van der Waals surface area contributed by atoms with E-state index < -0.39 is 5.60 Å². The van der Waals surface area contributed by atoms with Gasteiger partial charge in [0, 0.05) is 25.7 Å². The molecule has 0 radical (unpaired) electrons. The smallest absolute Gasteiger partial charge is 0.410 e. The molecule has 134 valence electrons. The van der Waals surface area contributed by atoms with Gasteiger partial charge in [-0.1, -0.05) is 12.8 Å². The minimum Gasteiger partial charge on any atom is -0.444 e. The molecule has 23 heavy (non-hydrogen) atoms. The quantitative estimate of drug-likeness (QED) is 0.761. The molecule has 5 heteroatoms. The van der Waals surface area contributed by atoms with Gasteiger partial charge in [-0.15, -0.1) is 0 Å². The minimum absolute atomic E-state index is 0.175. The summed E-state index contributed by atoms with van der Waals surface area (Å²) in [7, 11) is 0. The van der Waals surface area contributed by atoms with Crippen molar-refractivity contribution in [1.29, 1.82) is 0 Å². The standard InChI is InChI=1S/C18H34N2O3/c1-18(2,3)23-17(21)20-12-7-6-8-15(20)14-19-11-13-22-16-9-4-5-10-16/h15-16,19H,4-14H2,1-3H3. The Bertz CT molecular complexity index is 362. The van der Waals surface area contributed by atoms with Gasteiger partial charge in [0.15, 0.2) is 0 Å². The maximum atomic E-state index is 12.3. The summed E-state index contributed by atoms with van der Waals surface area (Å²) in [5.41, 5.74) is -0.429. The highest BCUT2D eigenvalue weighted by atomic mass is 16.6. The molecule has 1 heterocycles. The number of carbonyl (C=O) groups excluding carboxylic acids is 1. The second-order valence-corrected chi connectivity index (χ2v) is 7.80. The molecule has 1 atom stereocenters. The molecule has 0 aromatic carbocycles. The number of ether oxygens (including phenoxy) is 2. The maximum Gasteiger partial charge on any atom is 0.410 e. The van der Waals surface area contributed by atoms with E-state index in [1.807, 2.05) is 25.7 Å². The van der Waals surface area contributed by atoms with Gasteiger partial charge >= 0.3 is 6.09 Å². The molecule has 1 amide bonds. The predicted octanol–water partition coefficient (Wildman–Crippen LogP) is 3.32. The molecule has 1 saturated carbocycles. The fraction of sp³-hybridized carbons (Fsp3) is 0.944. The zero-order valence-electron chi connectivity index (χ0n) is 15.1. The number of rotatable bonds is 6. The number of hydrogen-bond donors (Lipinski definition) is 1. The average molecular weight is 326 g/mol. The summed E-state index contributed by atoms with van der Waals surface area (Å²) in [6.45, 7) is 9.01. The Kier molecular flexibility index (Phi) is 7.15. The third-order valence-electron chi connectivity index (χ3n) is 4.57. The Balaban J connectivity index is 1.67. The van der Waals surface area contributed by atoms with Gasteiger partial charge in [-0.05, 0) is 52.9 Å². The van der Waals surface area contributed by atoms with E-state index in [1.165, 1.54) is 32.1 Å². The Morgan fingerprint density at radius 1 is 1.13 bits per heavy atom. The van der Waals surface area contributed by atoms with Crippen molar-refractivity contribution in [1.82, 2.24) is 10.2 Å². The molecular formula is C18H34N2O3. The van der Waals surface area contributed by atoms with Crippen molar-refractivity contribution < 1.29 is 14.3 Å². The second-order valence-electron chi connectivity index (χ2n) is 7.80. The van der Waals surface area contributed by atoms with E-state index in [4.69, 9.17) is 9.47 Å². The van der Waals surface area contributed by atoms with Crippen molar-refractivity contribution in [2.24, 2.45) is 0 Å². The van der Waals surface area contributed by atoms with Gasteiger partial charge in [0.05, 0.1) is 12.7 Å². The number of nitrogens with one attached hydrogen (secondary N) is 1. The van der Waals surface area contributed by atoms with Crippen LogP contribution in [0.25, 0.3) is 0 Å². The monoisotopic (exact) mass is 326 g/mol. The summed E-state index contributed by atoms with van der Waals surface area (Å²) in [5, 5.41) is 3.45. The first kappa shape index (κ1) is 18.5. The molecule has 2 aliphatic rings. The van der Waals surface area contributed by atoms with Crippen LogP contribution in [0.15, 0.2) is 0 Å². The van der Waals surface area contributed by atoms with E-state index in [9.17, 15) is 4.79 Å². The van der Waals surface area contributed by atoms with Crippen LogP contribution < -0.4 is 5.32 Å². The van der Waals surface area contributed by atoms with Crippen molar-refractivity contribution >= 4 is 6.09 Å². The number of likely N-dealkylation sites (tertiary alicyclic amines) is 1. The van der Waals surface area contributed by atoms with Crippen molar-refractivity contribution in [3.05, 3.63) is 0 Å². The number of hydrogen-bond acceptors (Lipinski definition) is 4. The van der Waals surface area contributed by atoms with Gasteiger partial charge in [0.25, 0.3) is 0 Å². The number of carbonyl (C=O) groups is 1. The summed E-state index contributed by atoms with van der Waals surface area (Å²) >= 11 is 0. The normalized spacial score (nSPS) is 23.3. The van der Waals surface area contributed by atoms with Gasteiger partial charge in [-0.25, -0.2) is 4.79 Å². The third-order valence-corrected chi connectivity index (χ3v) is 4.57. The fourth-order valence-corrected chi connectivity index (χ4v) is 3.40. The summed E-state index contributed by atoms with van der Waals surface area (Å²) < 4.78 is 11.4. The van der Waals surface area contributed by atoms with Crippen molar-refractivity contribution in [2.75, 3.05) is 26.2 Å². The lowest BCUT2D eigenvalue weighted by Gasteiger charge is -2.37. The molecule has 5 nitrogen and oxygen atoms in total. The predicted molar refractivity (Wildman–Crippen MR) is 91.7 cm³/mol. The SMILES string of the molecule is CC(C)(C)OC(=O)N1CCCCC1CNCCOC1CCCC1. The zero-order chi connectivity index (χ0) is 16.7. The lowest BCUT2D eigenvalue weighted by atomic mass is 10.0. The van der Waals surface area contributed by atoms with Crippen LogP contribution in [0, 0.1) is 0 Å². The average Bonchev–Trinajstić information content (AvgIpc) is 2.99. The summed E-state index contributed by atoms with van der Waals surface area (Å²) in [6.07, 6.45) is 8.66. The number of nitrogens with zero attached hydrogens (tertiary/aromatic N) is 1. The molecule has 1 N–H and O–H groups in total. The molecular weight excluding hydrogens is 292 g/mol. The van der Waals surface area contributed by atoms with Crippen LogP contribution in [-0.4, -0.2) is 55.0 Å². The van der Waals surface area contributed by atoms with Crippen LogP contribution >= 0.6 is 0 Å². The first-order valence-corrected chi connectivity index (χ1v) is 9.27. The van der Waals surface area contributed by atoms with Crippen LogP contribution in [0.2, 0.25) is 0 Å². The summed E-state index contributed by atoms with van der Waals surface area (Å²) in [5.74, 6) is 0. The minimum atomic E-state index is -0.429. The topological polar surface area (TPSA) is 50.8 Å². The lowest BCUT2D eigenvalue weighted by molar-refractivity contribution is 0.00947. The molecule has 0 bridgehead atoms. The highest BCUT2D eigenvalue weighted by Crippen LogP contribution is 2.21. The number of amides is 1. The first-order chi connectivity index (χ1) is 11.0. The summed E-state index contributed by atoms with van der Waals surface area (Å²) in [4.78, 5) is 14.2. The van der Waals surface area contributed by atoms with Crippen LogP contribution in [0.4, 0.5) is 4.79 Å². The Labute approximate surface area is 141 Å². The van der Waals surface area contributed by atoms with E-state index >= 15 is 0 Å². The van der Waals surface area contributed by atoms with Crippen molar-refractivity contribution in [3.63, 3.8) is 0 Å². The molecule has 0 aromatic heterocycles. The molecule has 1 unspecified atom stereocenters. The van der Waals surface area contributed by atoms with Gasteiger partial charge in [0.2, 0.25) is 0 Å². The molecule has 1 aliphatic carbocycles. The molecule has 1 aliphatic heterocycles. The zero-order valence-corrected chi connectivity index (χ0v) is 15.1. The largest absolute Gasteiger partial charge is 0.444 e. The second kappa shape index (κ2) is 8.88. The molecule has 2 rings (SSSR count). The van der Waals surface area contributed by atoms with Crippen LogP contribution in [0.1, 0.15) is 65.7 Å². The van der Waals surface area contributed by atoms with Crippen LogP contribution in [0.3, 0.4) is 0 Å². The van der Waals surface area contributed by atoms with Crippen molar-refractivity contribution in [2.45, 2.75) is 83.5 Å². The van der Waals surface area contributed by atoms with Crippen LogP contribution in [0.5, 0.6) is 0 Å². The molecule has 1 saturated heterocycles. The third kappa shape index (κ3) is 6.68. The maximum absolute atomic E-state index is 12.3. The lowest BCUT2D eigenvalue weighted by Crippen LogP contribution is -2.50. The molecule has 2 fully saturated rings. The van der Waals surface area contributed by atoms with Gasteiger partial charge in [-0.2, -0.15) is 0 Å². The van der Waals surface area contributed by atoms with E-state index in [0.29, 0.717) is 6.10 Å². The highest BCUT2D eigenvalue weighted by molar-refractivity contribution is 5.68. The fourth-order valence-electron chi connectivity index (χ4n) is 3.40.